The summed E-state index contributed by atoms with van der Waals surface area (Å²) in [6.07, 6.45) is 4.04. The van der Waals surface area contributed by atoms with E-state index < -0.39 is 0 Å². The van der Waals surface area contributed by atoms with Crippen molar-refractivity contribution >= 4 is 11.8 Å². The van der Waals surface area contributed by atoms with E-state index in [9.17, 15) is 0 Å². The summed E-state index contributed by atoms with van der Waals surface area (Å²) in [5, 5.41) is 9.93. The summed E-state index contributed by atoms with van der Waals surface area (Å²) in [5.41, 5.74) is 1.68. The van der Waals surface area contributed by atoms with E-state index in [1.54, 1.807) is 11.8 Å². The second-order valence-electron chi connectivity index (χ2n) is 4.67. The van der Waals surface area contributed by atoms with Crippen LogP contribution in [-0.2, 0) is 0 Å². The molecule has 0 radical (unpaired) electrons. The first-order valence-corrected chi connectivity index (χ1v) is 7.51. The van der Waals surface area contributed by atoms with Gasteiger partial charge in [-0.05, 0) is 45.0 Å². The molecule has 0 amide bonds. The SMILES string of the molecule is Cc1ccc(C#N)c(SCCN2CCCCC2)n1. The number of hydrogen-bond donors (Lipinski definition) is 0. The summed E-state index contributed by atoms with van der Waals surface area (Å²) in [4.78, 5) is 6.96. The van der Waals surface area contributed by atoms with Crippen LogP contribution in [0.1, 0.15) is 30.5 Å². The van der Waals surface area contributed by atoms with Crippen LogP contribution in [0.5, 0.6) is 0 Å². The number of thioether (sulfide) groups is 1. The predicted molar refractivity (Wildman–Crippen MR) is 74.7 cm³/mol. The monoisotopic (exact) mass is 261 g/mol. The lowest BCUT2D eigenvalue weighted by molar-refractivity contribution is 0.242. The maximum Gasteiger partial charge on any atom is 0.114 e. The molecule has 1 fully saturated rings. The van der Waals surface area contributed by atoms with Crippen molar-refractivity contribution in [3.63, 3.8) is 0 Å². The molecular weight excluding hydrogens is 242 g/mol. The lowest BCUT2D eigenvalue weighted by Gasteiger charge is -2.26. The lowest BCUT2D eigenvalue weighted by Crippen LogP contribution is -2.31. The van der Waals surface area contributed by atoms with Crippen molar-refractivity contribution in [1.29, 1.82) is 5.26 Å². The number of nitrogens with zero attached hydrogens (tertiary/aromatic N) is 3. The van der Waals surface area contributed by atoms with Crippen molar-refractivity contribution in [3.05, 3.63) is 23.4 Å². The first-order chi connectivity index (χ1) is 8.79. The van der Waals surface area contributed by atoms with Crippen LogP contribution in [0, 0.1) is 18.3 Å². The van der Waals surface area contributed by atoms with Gasteiger partial charge in [-0.2, -0.15) is 5.26 Å². The Bertz CT molecular complexity index is 433. The Morgan fingerprint density at radius 1 is 1.33 bits per heavy atom. The molecule has 0 spiro atoms. The van der Waals surface area contributed by atoms with Crippen LogP contribution in [0.15, 0.2) is 17.2 Å². The Kier molecular flexibility index (Phi) is 5.03. The highest BCUT2D eigenvalue weighted by atomic mass is 32.2. The van der Waals surface area contributed by atoms with Gasteiger partial charge in [-0.1, -0.05) is 6.42 Å². The van der Waals surface area contributed by atoms with Gasteiger partial charge in [-0.3, -0.25) is 0 Å². The second kappa shape index (κ2) is 6.77. The van der Waals surface area contributed by atoms with Gasteiger partial charge in [0.2, 0.25) is 0 Å². The number of hydrogen-bond acceptors (Lipinski definition) is 4. The second-order valence-corrected chi connectivity index (χ2v) is 5.75. The van der Waals surface area contributed by atoms with Crippen LogP contribution < -0.4 is 0 Å². The zero-order valence-corrected chi connectivity index (χ0v) is 11.7. The fourth-order valence-corrected chi connectivity index (χ4v) is 3.20. The van der Waals surface area contributed by atoms with Crippen LogP contribution >= 0.6 is 11.8 Å². The Morgan fingerprint density at radius 2 is 2.11 bits per heavy atom. The highest BCUT2D eigenvalue weighted by Gasteiger charge is 2.10. The summed E-state index contributed by atoms with van der Waals surface area (Å²) >= 11 is 1.70. The summed E-state index contributed by atoms with van der Waals surface area (Å²) in [6.45, 7) is 5.53. The molecule has 3 nitrogen and oxygen atoms in total. The summed E-state index contributed by atoms with van der Waals surface area (Å²) in [6, 6.07) is 5.98. The Morgan fingerprint density at radius 3 is 2.83 bits per heavy atom. The minimum Gasteiger partial charge on any atom is -0.303 e. The molecule has 0 atom stereocenters. The van der Waals surface area contributed by atoms with Crippen molar-refractivity contribution < 1.29 is 0 Å². The largest absolute Gasteiger partial charge is 0.303 e. The highest BCUT2D eigenvalue weighted by molar-refractivity contribution is 7.99. The van der Waals surface area contributed by atoms with Crippen molar-refractivity contribution in [3.8, 4) is 6.07 Å². The number of nitriles is 1. The van der Waals surface area contributed by atoms with Crippen LogP contribution in [0.4, 0.5) is 0 Å². The molecule has 1 aliphatic heterocycles. The number of likely N-dealkylation sites (tertiary alicyclic amines) is 1. The molecule has 2 heterocycles. The van der Waals surface area contributed by atoms with Gasteiger partial charge in [0.15, 0.2) is 0 Å². The van der Waals surface area contributed by atoms with E-state index in [0.717, 1.165) is 23.0 Å². The third-order valence-corrected chi connectivity index (χ3v) is 4.19. The molecule has 0 unspecified atom stereocenters. The van der Waals surface area contributed by atoms with Crippen molar-refractivity contribution in [2.24, 2.45) is 0 Å². The third kappa shape index (κ3) is 3.72. The zero-order chi connectivity index (χ0) is 12.8. The van der Waals surface area contributed by atoms with Gasteiger partial charge in [0, 0.05) is 18.0 Å². The molecule has 96 valence electrons. The predicted octanol–water partition coefficient (Wildman–Crippen LogP) is 2.84. The van der Waals surface area contributed by atoms with Gasteiger partial charge in [-0.15, -0.1) is 11.8 Å². The van der Waals surface area contributed by atoms with E-state index in [-0.39, 0.29) is 0 Å². The van der Waals surface area contributed by atoms with Gasteiger partial charge >= 0.3 is 0 Å². The molecule has 0 aromatic carbocycles. The molecule has 1 aromatic heterocycles. The lowest BCUT2D eigenvalue weighted by atomic mass is 10.1. The van der Waals surface area contributed by atoms with Gasteiger partial charge in [0.05, 0.1) is 5.56 Å². The quantitative estimate of drug-likeness (QED) is 0.781. The van der Waals surface area contributed by atoms with Gasteiger partial charge in [0.25, 0.3) is 0 Å². The van der Waals surface area contributed by atoms with E-state index in [1.165, 1.54) is 32.4 Å². The highest BCUT2D eigenvalue weighted by Crippen LogP contribution is 2.21. The minimum atomic E-state index is 0.698. The fraction of sp³-hybridized carbons (Fsp3) is 0.571. The van der Waals surface area contributed by atoms with E-state index >= 15 is 0 Å². The number of rotatable bonds is 4. The molecule has 18 heavy (non-hydrogen) atoms. The number of aromatic nitrogens is 1. The summed E-state index contributed by atoms with van der Waals surface area (Å²) < 4.78 is 0. The number of piperidine rings is 1. The first kappa shape index (κ1) is 13.4. The number of aryl methyl sites for hydroxylation is 1. The van der Waals surface area contributed by atoms with E-state index in [2.05, 4.69) is 16.0 Å². The smallest absolute Gasteiger partial charge is 0.114 e. The molecule has 1 saturated heterocycles. The standard InChI is InChI=1S/C14H19N3S/c1-12-5-6-13(11-15)14(16-12)18-10-9-17-7-3-2-4-8-17/h5-6H,2-4,7-10H2,1H3. The molecule has 1 aromatic rings. The van der Waals surface area contributed by atoms with Crippen molar-refractivity contribution in [2.45, 2.75) is 31.2 Å². The Balaban J connectivity index is 1.86. The normalized spacial score (nSPS) is 16.4. The van der Waals surface area contributed by atoms with E-state index in [1.807, 2.05) is 19.1 Å². The van der Waals surface area contributed by atoms with Gasteiger partial charge < -0.3 is 4.90 Å². The molecular formula is C14H19N3S. The first-order valence-electron chi connectivity index (χ1n) is 6.52. The van der Waals surface area contributed by atoms with Crippen LogP contribution in [-0.4, -0.2) is 35.3 Å². The molecule has 2 rings (SSSR count). The van der Waals surface area contributed by atoms with Gasteiger partial charge in [0.1, 0.15) is 11.1 Å². The zero-order valence-electron chi connectivity index (χ0n) is 10.9. The molecule has 4 heteroatoms. The maximum absolute atomic E-state index is 9.04. The summed E-state index contributed by atoms with van der Waals surface area (Å²) in [5.74, 6) is 1.02. The minimum absolute atomic E-state index is 0.698. The topological polar surface area (TPSA) is 39.9 Å². The summed E-state index contributed by atoms with van der Waals surface area (Å²) in [7, 11) is 0. The molecule has 0 bridgehead atoms. The molecule has 1 aliphatic rings. The van der Waals surface area contributed by atoms with Crippen LogP contribution in [0.2, 0.25) is 0 Å². The van der Waals surface area contributed by atoms with Crippen molar-refractivity contribution in [2.75, 3.05) is 25.4 Å². The Labute approximate surface area is 113 Å². The fourth-order valence-electron chi connectivity index (χ4n) is 2.18. The average molecular weight is 261 g/mol. The maximum atomic E-state index is 9.04. The van der Waals surface area contributed by atoms with Crippen LogP contribution in [0.25, 0.3) is 0 Å². The molecule has 0 N–H and O–H groups in total. The molecule has 0 saturated carbocycles. The van der Waals surface area contributed by atoms with Crippen molar-refractivity contribution in [1.82, 2.24) is 9.88 Å². The average Bonchev–Trinajstić information content (AvgIpc) is 2.40. The third-order valence-electron chi connectivity index (χ3n) is 3.21. The Hall–Kier alpha value is -1.05. The van der Waals surface area contributed by atoms with E-state index in [0.29, 0.717) is 5.56 Å². The van der Waals surface area contributed by atoms with Crippen LogP contribution in [0.3, 0.4) is 0 Å². The number of pyridine rings is 1. The molecule has 0 aliphatic carbocycles. The van der Waals surface area contributed by atoms with Gasteiger partial charge in [-0.25, -0.2) is 4.98 Å². The van der Waals surface area contributed by atoms with E-state index in [4.69, 9.17) is 5.26 Å².